The lowest BCUT2D eigenvalue weighted by Gasteiger charge is -2.36. The first-order valence-corrected chi connectivity index (χ1v) is 12.9. The molecule has 190 valence electrons. The van der Waals surface area contributed by atoms with E-state index >= 15 is 0 Å². The predicted molar refractivity (Wildman–Crippen MR) is 128 cm³/mol. The molecule has 1 amide bonds. The molecule has 0 atom stereocenters. The van der Waals surface area contributed by atoms with Crippen LogP contribution >= 0.6 is 0 Å². The SMILES string of the molecule is Cc1c(CN2CCN(C(=O)OC(C)(C)C)CC2)cc(B2OC(C)(C)C(C)(C)O2)cc1S(=O)(=O)F. The Morgan fingerprint density at radius 1 is 1.09 bits per heavy atom. The summed E-state index contributed by atoms with van der Waals surface area (Å²) in [6.07, 6.45) is -0.350. The maximum Gasteiger partial charge on any atom is 0.494 e. The van der Waals surface area contributed by atoms with Crippen LogP contribution in [0.4, 0.5) is 8.68 Å². The third kappa shape index (κ3) is 5.92. The summed E-state index contributed by atoms with van der Waals surface area (Å²) in [5.41, 5.74) is -0.298. The summed E-state index contributed by atoms with van der Waals surface area (Å²) < 4.78 is 55.7. The van der Waals surface area contributed by atoms with E-state index in [4.69, 9.17) is 14.0 Å². The maximum atomic E-state index is 14.2. The number of halogens is 1. The molecule has 0 N–H and O–H groups in total. The summed E-state index contributed by atoms with van der Waals surface area (Å²) in [4.78, 5) is 15.7. The van der Waals surface area contributed by atoms with Gasteiger partial charge in [-0.3, -0.25) is 4.90 Å². The van der Waals surface area contributed by atoms with E-state index in [1.807, 2.05) is 54.5 Å². The Balaban J connectivity index is 1.81. The molecule has 0 unspecified atom stereocenters. The molecule has 8 nitrogen and oxygen atoms in total. The third-order valence-corrected chi connectivity index (χ3v) is 7.65. The number of benzene rings is 1. The number of ether oxygens (including phenoxy) is 1. The van der Waals surface area contributed by atoms with Gasteiger partial charge >= 0.3 is 23.4 Å². The Bertz CT molecular complexity index is 1030. The van der Waals surface area contributed by atoms with Crippen LogP contribution in [-0.2, 0) is 30.8 Å². The van der Waals surface area contributed by atoms with Gasteiger partial charge in [-0.25, -0.2) is 4.79 Å². The van der Waals surface area contributed by atoms with E-state index in [1.54, 1.807) is 11.8 Å². The van der Waals surface area contributed by atoms with Crippen molar-refractivity contribution < 1.29 is 31.1 Å². The topological polar surface area (TPSA) is 85.4 Å². The van der Waals surface area contributed by atoms with Crippen molar-refractivity contribution in [2.75, 3.05) is 26.2 Å². The average molecular weight is 498 g/mol. The van der Waals surface area contributed by atoms with Crippen molar-refractivity contribution in [2.24, 2.45) is 0 Å². The highest BCUT2D eigenvalue weighted by atomic mass is 32.3. The molecule has 34 heavy (non-hydrogen) atoms. The van der Waals surface area contributed by atoms with Crippen molar-refractivity contribution >= 4 is 28.9 Å². The summed E-state index contributed by atoms with van der Waals surface area (Å²) in [6, 6.07) is 3.13. The number of nitrogens with zero attached hydrogens (tertiary/aromatic N) is 2. The van der Waals surface area contributed by atoms with Gasteiger partial charge < -0.3 is 18.9 Å². The zero-order valence-corrected chi connectivity index (χ0v) is 22.2. The fourth-order valence-electron chi connectivity index (χ4n) is 3.96. The van der Waals surface area contributed by atoms with Crippen molar-refractivity contribution in [3.8, 4) is 0 Å². The summed E-state index contributed by atoms with van der Waals surface area (Å²) in [7, 11) is -5.75. The van der Waals surface area contributed by atoms with Gasteiger partial charge in [-0.1, -0.05) is 6.07 Å². The van der Waals surface area contributed by atoms with Crippen LogP contribution in [0.5, 0.6) is 0 Å². The number of hydrogen-bond donors (Lipinski definition) is 0. The lowest BCUT2D eigenvalue weighted by atomic mass is 9.77. The van der Waals surface area contributed by atoms with Crippen LogP contribution in [0, 0.1) is 6.92 Å². The van der Waals surface area contributed by atoms with Crippen molar-refractivity contribution in [3.63, 3.8) is 0 Å². The molecule has 0 spiro atoms. The number of piperazine rings is 1. The second kappa shape index (κ2) is 9.07. The lowest BCUT2D eigenvalue weighted by molar-refractivity contribution is 0.00578. The summed E-state index contributed by atoms with van der Waals surface area (Å²) in [5.74, 6) is 0. The first kappa shape index (κ1) is 26.9. The fourth-order valence-corrected chi connectivity index (χ4v) is 4.73. The normalized spacial score (nSPS) is 21.1. The molecule has 1 aromatic rings. The van der Waals surface area contributed by atoms with Crippen molar-refractivity contribution in [2.45, 2.75) is 83.6 Å². The molecule has 0 bridgehead atoms. The molecular weight excluding hydrogens is 462 g/mol. The Morgan fingerprint density at radius 2 is 1.62 bits per heavy atom. The molecule has 0 saturated carbocycles. The first-order chi connectivity index (χ1) is 15.4. The number of hydrogen-bond acceptors (Lipinski definition) is 7. The fraction of sp³-hybridized carbons (Fsp3) is 0.696. The van der Waals surface area contributed by atoms with Crippen LogP contribution in [0.3, 0.4) is 0 Å². The van der Waals surface area contributed by atoms with E-state index in [0.717, 1.165) is 0 Å². The van der Waals surface area contributed by atoms with Crippen LogP contribution < -0.4 is 5.46 Å². The molecular formula is C23H36BFN2O6S. The van der Waals surface area contributed by atoms with Crippen LogP contribution in [0.15, 0.2) is 17.0 Å². The van der Waals surface area contributed by atoms with E-state index in [9.17, 15) is 17.1 Å². The second-order valence-corrected chi connectivity index (χ2v) is 12.4. The van der Waals surface area contributed by atoms with E-state index in [0.29, 0.717) is 49.3 Å². The minimum absolute atomic E-state index is 0.350. The van der Waals surface area contributed by atoms with Gasteiger partial charge in [0.15, 0.2) is 0 Å². The number of carbonyl (C=O) groups excluding carboxylic acids is 1. The van der Waals surface area contributed by atoms with Gasteiger partial charge in [0.05, 0.1) is 11.2 Å². The lowest BCUT2D eigenvalue weighted by Crippen LogP contribution is -2.49. The van der Waals surface area contributed by atoms with E-state index < -0.39 is 34.1 Å². The van der Waals surface area contributed by atoms with E-state index in [-0.39, 0.29) is 11.0 Å². The van der Waals surface area contributed by atoms with Gasteiger partial charge in [0, 0.05) is 32.7 Å². The standard InChI is InChI=1S/C23H36BFN2O6S/c1-16-17(15-26-9-11-27(12-10-26)20(28)31-21(2,3)4)13-18(14-19(16)34(25,29)30)24-32-22(5,6)23(7,8)33-24/h13-14H,9-12,15H2,1-8H3. The highest BCUT2D eigenvalue weighted by Crippen LogP contribution is 2.37. The highest BCUT2D eigenvalue weighted by Gasteiger charge is 2.52. The Labute approximate surface area is 203 Å². The largest absolute Gasteiger partial charge is 0.494 e. The third-order valence-electron chi connectivity index (χ3n) is 6.70. The monoisotopic (exact) mass is 498 g/mol. The minimum Gasteiger partial charge on any atom is -0.444 e. The molecule has 0 aliphatic carbocycles. The van der Waals surface area contributed by atoms with Gasteiger partial charge in [-0.2, -0.15) is 8.42 Å². The first-order valence-electron chi connectivity index (χ1n) is 11.5. The van der Waals surface area contributed by atoms with Crippen LogP contribution in [0.25, 0.3) is 0 Å². The number of rotatable bonds is 4. The van der Waals surface area contributed by atoms with Gasteiger partial charge in [0.1, 0.15) is 10.5 Å². The van der Waals surface area contributed by atoms with Gasteiger partial charge in [-0.05, 0) is 78.0 Å². The molecule has 2 fully saturated rings. The smallest absolute Gasteiger partial charge is 0.444 e. The van der Waals surface area contributed by atoms with Crippen molar-refractivity contribution in [1.29, 1.82) is 0 Å². The van der Waals surface area contributed by atoms with Crippen LogP contribution in [0.2, 0.25) is 0 Å². The number of amides is 1. The maximum absolute atomic E-state index is 14.2. The quantitative estimate of drug-likeness (QED) is 0.466. The van der Waals surface area contributed by atoms with Crippen molar-refractivity contribution in [1.82, 2.24) is 9.80 Å². The van der Waals surface area contributed by atoms with Crippen LogP contribution in [-0.4, -0.2) is 74.4 Å². The predicted octanol–water partition coefficient (Wildman–Crippen LogP) is 3.01. The highest BCUT2D eigenvalue weighted by molar-refractivity contribution is 7.86. The molecule has 3 rings (SSSR count). The Morgan fingerprint density at radius 3 is 2.09 bits per heavy atom. The van der Waals surface area contributed by atoms with Gasteiger partial charge in [0.25, 0.3) is 0 Å². The summed E-state index contributed by atoms with van der Waals surface area (Å²) in [5, 5.41) is 0. The number of carbonyl (C=O) groups is 1. The van der Waals surface area contributed by atoms with Gasteiger partial charge in [0.2, 0.25) is 0 Å². The molecule has 2 heterocycles. The molecule has 1 aromatic carbocycles. The van der Waals surface area contributed by atoms with Gasteiger partial charge in [-0.15, -0.1) is 3.89 Å². The van der Waals surface area contributed by atoms with E-state index in [2.05, 4.69) is 4.90 Å². The average Bonchev–Trinajstić information content (AvgIpc) is 2.89. The molecule has 2 aliphatic heterocycles. The van der Waals surface area contributed by atoms with Crippen molar-refractivity contribution in [3.05, 3.63) is 23.3 Å². The Kier molecular flexibility index (Phi) is 7.18. The molecule has 11 heteroatoms. The summed E-state index contributed by atoms with van der Waals surface area (Å²) in [6.45, 7) is 17.2. The molecule has 0 aromatic heterocycles. The zero-order valence-electron chi connectivity index (χ0n) is 21.4. The minimum atomic E-state index is -4.94. The zero-order chi connectivity index (χ0) is 25.7. The van der Waals surface area contributed by atoms with E-state index in [1.165, 1.54) is 6.07 Å². The molecule has 2 saturated heterocycles. The van der Waals surface area contributed by atoms with Crippen LogP contribution in [0.1, 0.15) is 59.6 Å². The molecule has 0 radical (unpaired) electrons. The summed E-state index contributed by atoms with van der Waals surface area (Å²) >= 11 is 0. The second-order valence-electron chi connectivity index (χ2n) is 11.1. The molecule has 2 aliphatic rings. The Hall–Kier alpha value is -1.69.